The van der Waals surface area contributed by atoms with Gasteiger partial charge in [-0.05, 0) is 61.9 Å². The summed E-state index contributed by atoms with van der Waals surface area (Å²) in [6, 6.07) is 6.13. The first-order valence-electron chi connectivity index (χ1n) is 7.75. The standard InChI is InChI=1S/C18H19FN2O2/c1-11-8-12(14-4-2-3-5-17(14)21-11)10-23-13-6-7-15(18(20)22)16(19)9-13/h6-9H,2-5,10H2,1H3,(H2,20,22). The molecule has 0 spiro atoms. The molecule has 4 nitrogen and oxygen atoms in total. The van der Waals surface area contributed by atoms with Crippen molar-refractivity contribution in [3.8, 4) is 5.75 Å². The van der Waals surface area contributed by atoms with Crippen molar-refractivity contribution in [3.63, 3.8) is 0 Å². The smallest absolute Gasteiger partial charge is 0.251 e. The number of fused-ring (bicyclic) bond motifs is 1. The highest BCUT2D eigenvalue weighted by Crippen LogP contribution is 2.25. The van der Waals surface area contributed by atoms with E-state index in [1.165, 1.54) is 24.1 Å². The van der Waals surface area contributed by atoms with Gasteiger partial charge >= 0.3 is 0 Å². The number of hydrogen-bond donors (Lipinski definition) is 1. The molecule has 2 aromatic rings. The van der Waals surface area contributed by atoms with E-state index < -0.39 is 11.7 Å². The number of carbonyl (C=O) groups excluding carboxylic acids is 1. The average molecular weight is 314 g/mol. The molecule has 23 heavy (non-hydrogen) atoms. The Morgan fingerprint density at radius 1 is 1.30 bits per heavy atom. The fourth-order valence-corrected chi connectivity index (χ4v) is 3.02. The molecule has 0 atom stereocenters. The molecule has 0 bridgehead atoms. The zero-order valence-corrected chi connectivity index (χ0v) is 13.1. The van der Waals surface area contributed by atoms with Crippen LogP contribution in [0.3, 0.4) is 0 Å². The van der Waals surface area contributed by atoms with Crippen LogP contribution in [0.4, 0.5) is 4.39 Å². The van der Waals surface area contributed by atoms with E-state index >= 15 is 0 Å². The fraction of sp³-hybridized carbons (Fsp3) is 0.333. The van der Waals surface area contributed by atoms with E-state index in [4.69, 9.17) is 10.5 Å². The van der Waals surface area contributed by atoms with Gasteiger partial charge in [0, 0.05) is 17.5 Å². The van der Waals surface area contributed by atoms with Gasteiger partial charge in [-0.3, -0.25) is 9.78 Å². The molecule has 0 saturated carbocycles. The predicted octanol–water partition coefficient (Wildman–Crippen LogP) is 3.09. The number of hydrogen-bond acceptors (Lipinski definition) is 3. The quantitative estimate of drug-likeness (QED) is 0.943. The largest absolute Gasteiger partial charge is 0.489 e. The molecule has 2 N–H and O–H groups in total. The van der Waals surface area contributed by atoms with Crippen LogP contribution >= 0.6 is 0 Å². The average Bonchev–Trinajstić information content (AvgIpc) is 2.52. The number of primary amides is 1. The number of ether oxygens (including phenoxy) is 1. The van der Waals surface area contributed by atoms with Crippen LogP contribution in [0, 0.1) is 12.7 Å². The number of nitrogens with zero attached hydrogens (tertiary/aromatic N) is 1. The number of amides is 1. The first kappa shape index (κ1) is 15.5. The van der Waals surface area contributed by atoms with Gasteiger partial charge in [0.25, 0.3) is 5.91 Å². The minimum Gasteiger partial charge on any atom is -0.489 e. The summed E-state index contributed by atoms with van der Waals surface area (Å²) in [5, 5.41) is 0. The van der Waals surface area contributed by atoms with Gasteiger partial charge in [0.05, 0.1) is 5.56 Å². The third-order valence-electron chi connectivity index (χ3n) is 4.12. The lowest BCUT2D eigenvalue weighted by molar-refractivity contribution is 0.0996. The van der Waals surface area contributed by atoms with Crippen molar-refractivity contribution in [2.45, 2.75) is 39.2 Å². The van der Waals surface area contributed by atoms with Crippen LogP contribution in [0.15, 0.2) is 24.3 Å². The number of nitrogens with two attached hydrogens (primary N) is 1. The van der Waals surface area contributed by atoms with Crippen LogP contribution in [0.25, 0.3) is 0 Å². The molecule has 0 unspecified atom stereocenters. The Bertz CT molecular complexity index is 759. The second-order valence-corrected chi connectivity index (χ2v) is 5.85. The van der Waals surface area contributed by atoms with Crippen molar-refractivity contribution in [2.75, 3.05) is 0 Å². The molecule has 1 aliphatic rings. The van der Waals surface area contributed by atoms with E-state index in [9.17, 15) is 9.18 Å². The molecule has 120 valence electrons. The minimum atomic E-state index is -0.784. The number of halogens is 1. The molecule has 1 aromatic heterocycles. The van der Waals surface area contributed by atoms with E-state index in [0.717, 1.165) is 36.2 Å². The maximum atomic E-state index is 13.8. The lowest BCUT2D eigenvalue weighted by Gasteiger charge is -2.19. The van der Waals surface area contributed by atoms with Crippen molar-refractivity contribution in [1.82, 2.24) is 4.98 Å². The van der Waals surface area contributed by atoms with E-state index in [1.807, 2.05) is 13.0 Å². The van der Waals surface area contributed by atoms with Crippen molar-refractivity contribution in [1.29, 1.82) is 0 Å². The number of carbonyl (C=O) groups is 1. The van der Waals surface area contributed by atoms with Crippen LogP contribution < -0.4 is 10.5 Å². The Morgan fingerprint density at radius 3 is 2.83 bits per heavy atom. The summed E-state index contributed by atoms with van der Waals surface area (Å²) in [5.74, 6) is -1.07. The second kappa shape index (κ2) is 6.36. The minimum absolute atomic E-state index is 0.130. The Hall–Kier alpha value is -2.43. The maximum Gasteiger partial charge on any atom is 0.251 e. The highest BCUT2D eigenvalue weighted by molar-refractivity contribution is 5.93. The lowest BCUT2D eigenvalue weighted by atomic mass is 9.92. The molecule has 1 amide bonds. The summed E-state index contributed by atoms with van der Waals surface area (Å²) in [4.78, 5) is 15.7. The molecular formula is C18H19FN2O2. The molecule has 1 aromatic carbocycles. The molecule has 1 aliphatic carbocycles. The summed E-state index contributed by atoms with van der Waals surface area (Å²) < 4.78 is 19.5. The third kappa shape index (κ3) is 3.33. The SMILES string of the molecule is Cc1cc(COc2ccc(C(N)=O)c(F)c2)c2c(n1)CCCC2. The topological polar surface area (TPSA) is 65.2 Å². The van der Waals surface area contributed by atoms with Crippen LogP contribution in [-0.4, -0.2) is 10.9 Å². The van der Waals surface area contributed by atoms with Gasteiger partial charge in [0.15, 0.2) is 0 Å². The number of aryl methyl sites for hydroxylation is 2. The second-order valence-electron chi connectivity index (χ2n) is 5.85. The zero-order chi connectivity index (χ0) is 16.4. The van der Waals surface area contributed by atoms with Crippen molar-refractivity contribution in [3.05, 3.63) is 58.2 Å². The Kier molecular flexibility index (Phi) is 4.28. The van der Waals surface area contributed by atoms with Crippen LogP contribution in [0.1, 0.15) is 45.7 Å². The first-order valence-corrected chi connectivity index (χ1v) is 7.75. The first-order chi connectivity index (χ1) is 11.0. The van der Waals surface area contributed by atoms with Crippen LogP contribution in [-0.2, 0) is 19.4 Å². The van der Waals surface area contributed by atoms with Gasteiger partial charge in [-0.25, -0.2) is 4.39 Å². The van der Waals surface area contributed by atoms with Crippen molar-refractivity contribution < 1.29 is 13.9 Å². The molecule has 0 aliphatic heterocycles. The van der Waals surface area contributed by atoms with Gasteiger partial charge in [-0.2, -0.15) is 0 Å². The highest BCUT2D eigenvalue weighted by atomic mass is 19.1. The molecule has 5 heteroatoms. The molecule has 1 heterocycles. The van der Waals surface area contributed by atoms with Crippen molar-refractivity contribution >= 4 is 5.91 Å². The lowest BCUT2D eigenvalue weighted by Crippen LogP contribution is -2.13. The van der Waals surface area contributed by atoms with Crippen LogP contribution in [0.5, 0.6) is 5.75 Å². The monoisotopic (exact) mass is 314 g/mol. The van der Waals surface area contributed by atoms with Gasteiger partial charge in [-0.1, -0.05) is 0 Å². The third-order valence-corrected chi connectivity index (χ3v) is 4.12. The number of rotatable bonds is 4. The summed E-state index contributed by atoms with van der Waals surface area (Å²) in [5.41, 5.74) is 9.46. The van der Waals surface area contributed by atoms with E-state index in [2.05, 4.69) is 4.98 Å². The fourth-order valence-electron chi connectivity index (χ4n) is 3.02. The molecule has 3 rings (SSSR count). The highest BCUT2D eigenvalue weighted by Gasteiger charge is 2.16. The Labute approximate surface area is 134 Å². The zero-order valence-electron chi connectivity index (χ0n) is 13.1. The predicted molar refractivity (Wildman–Crippen MR) is 84.9 cm³/mol. The van der Waals surface area contributed by atoms with E-state index in [1.54, 1.807) is 6.07 Å². The molecular weight excluding hydrogens is 295 g/mol. The molecule has 0 radical (unpaired) electrons. The number of aromatic nitrogens is 1. The van der Waals surface area contributed by atoms with Gasteiger partial charge in [0.1, 0.15) is 18.2 Å². The van der Waals surface area contributed by atoms with Crippen LogP contribution in [0.2, 0.25) is 0 Å². The van der Waals surface area contributed by atoms with Gasteiger partial charge in [0.2, 0.25) is 0 Å². The van der Waals surface area contributed by atoms with Gasteiger partial charge in [-0.15, -0.1) is 0 Å². The molecule has 0 fully saturated rings. The Morgan fingerprint density at radius 2 is 2.09 bits per heavy atom. The Balaban J connectivity index is 1.80. The summed E-state index contributed by atoms with van der Waals surface area (Å²) in [7, 11) is 0. The normalized spacial score (nSPS) is 13.5. The molecule has 0 saturated heterocycles. The summed E-state index contributed by atoms with van der Waals surface area (Å²) in [6.07, 6.45) is 4.35. The summed E-state index contributed by atoms with van der Waals surface area (Å²) in [6.45, 7) is 2.33. The number of benzene rings is 1. The van der Waals surface area contributed by atoms with Crippen molar-refractivity contribution in [2.24, 2.45) is 5.73 Å². The van der Waals surface area contributed by atoms with E-state index in [0.29, 0.717) is 12.4 Å². The van der Waals surface area contributed by atoms with Gasteiger partial charge < -0.3 is 10.5 Å². The maximum absolute atomic E-state index is 13.8. The number of pyridine rings is 1. The summed E-state index contributed by atoms with van der Waals surface area (Å²) >= 11 is 0. The van der Waals surface area contributed by atoms with E-state index in [-0.39, 0.29) is 5.56 Å².